The molecule has 0 bridgehead atoms. The number of nitrogens with two attached hydrogens (primary N) is 1. The Bertz CT molecular complexity index is 1530. The van der Waals surface area contributed by atoms with Crippen LogP contribution in [0, 0.1) is 0 Å². The average molecular weight is 559 g/mol. The monoisotopic (exact) mass is 558 g/mol. The van der Waals surface area contributed by atoms with Crippen LogP contribution in [0.3, 0.4) is 0 Å². The molecule has 1 saturated carbocycles. The first-order valence-electron chi connectivity index (χ1n) is 11.3. The molecule has 3 aromatic heterocycles. The van der Waals surface area contributed by atoms with Crippen LogP contribution in [0.15, 0.2) is 58.0 Å². The van der Waals surface area contributed by atoms with Crippen molar-refractivity contribution < 1.29 is 22.8 Å². The van der Waals surface area contributed by atoms with Gasteiger partial charge in [0.1, 0.15) is 22.0 Å². The lowest BCUT2D eigenvalue weighted by atomic mass is 10.1. The van der Waals surface area contributed by atoms with E-state index in [-0.39, 0.29) is 22.5 Å². The van der Waals surface area contributed by atoms with E-state index in [4.69, 9.17) is 15.3 Å². The van der Waals surface area contributed by atoms with Gasteiger partial charge in [0.2, 0.25) is 5.88 Å². The number of pyridine rings is 1. The lowest BCUT2D eigenvalue weighted by Gasteiger charge is -2.08. The van der Waals surface area contributed by atoms with Gasteiger partial charge in [-0.2, -0.15) is 0 Å². The number of hydrogen-bond donors (Lipinski definition) is 2. The fraction of sp³-hybridized carbons (Fsp3) is 0.261. The van der Waals surface area contributed by atoms with Crippen molar-refractivity contribution in [1.29, 1.82) is 0 Å². The van der Waals surface area contributed by atoms with E-state index >= 15 is 0 Å². The summed E-state index contributed by atoms with van der Waals surface area (Å²) >= 11 is 2.57. The first kappa shape index (κ1) is 25.2. The predicted octanol–water partition coefficient (Wildman–Crippen LogP) is 2.98. The van der Waals surface area contributed by atoms with Crippen molar-refractivity contribution in [2.45, 2.75) is 29.6 Å². The molecular weight excluding hydrogens is 536 g/mol. The number of carbonyl (C=O) groups is 1. The van der Waals surface area contributed by atoms with Crippen LogP contribution in [0.1, 0.15) is 23.4 Å². The van der Waals surface area contributed by atoms with Crippen molar-refractivity contribution in [3.8, 4) is 5.88 Å². The largest absolute Gasteiger partial charge is 0.476 e. The van der Waals surface area contributed by atoms with Crippen LogP contribution in [-0.4, -0.2) is 53.4 Å². The van der Waals surface area contributed by atoms with E-state index < -0.39 is 15.7 Å². The number of hydrogen-bond acceptors (Lipinski definition) is 12. The van der Waals surface area contributed by atoms with Crippen LogP contribution in [0.4, 0.5) is 5.13 Å². The molecule has 1 fully saturated rings. The maximum Gasteiger partial charge on any atom is 0.280 e. The fourth-order valence-corrected chi connectivity index (χ4v) is 6.33. The third-order valence-corrected chi connectivity index (χ3v) is 9.19. The number of nitrogens with zero attached hydrogens (tertiary/aromatic N) is 4. The minimum Gasteiger partial charge on any atom is -0.476 e. The summed E-state index contributed by atoms with van der Waals surface area (Å²) in [4.78, 5) is 32.4. The zero-order valence-electron chi connectivity index (χ0n) is 19.4. The van der Waals surface area contributed by atoms with E-state index in [1.807, 2.05) is 5.38 Å². The van der Waals surface area contributed by atoms with Gasteiger partial charge in [-0.25, -0.2) is 23.4 Å². The Hall–Kier alpha value is -3.46. The Balaban J connectivity index is 1.38. The van der Waals surface area contributed by atoms with Crippen LogP contribution in [0.2, 0.25) is 0 Å². The van der Waals surface area contributed by atoms with E-state index in [0.29, 0.717) is 57.9 Å². The molecule has 0 spiro atoms. The van der Waals surface area contributed by atoms with E-state index in [2.05, 4.69) is 25.4 Å². The SMILES string of the molecule is NCCOc1ccc2nc(NC(=O)/C(=N/OCc3nccs3)c3ccc(S(=O)(=O)C4CC4)cc3)sc2n1. The van der Waals surface area contributed by atoms with Crippen molar-refractivity contribution in [1.82, 2.24) is 15.0 Å². The summed E-state index contributed by atoms with van der Waals surface area (Å²) < 4.78 is 30.6. The van der Waals surface area contributed by atoms with Gasteiger partial charge in [0.15, 0.2) is 27.3 Å². The number of fused-ring (bicyclic) bond motifs is 1. The van der Waals surface area contributed by atoms with E-state index in [1.54, 1.807) is 30.5 Å². The molecule has 0 unspecified atom stereocenters. The Morgan fingerprint density at radius 1 is 1.16 bits per heavy atom. The second-order valence-electron chi connectivity index (χ2n) is 7.99. The number of nitrogens with one attached hydrogen (secondary N) is 1. The molecule has 1 aromatic carbocycles. The topological polar surface area (TPSA) is 159 Å². The molecule has 1 aliphatic rings. The Labute approximate surface area is 220 Å². The first-order valence-corrected chi connectivity index (χ1v) is 14.5. The van der Waals surface area contributed by atoms with Crippen LogP contribution in [0.5, 0.6) is 5.88 Å². The Morgan fingerprint density at radius 3 is 2.68 bits per heavy atom. The number of aromatic nitrogens is 3. The number of amides is 1. The summed E-state index contributed by atoms with van der Waals surface area (Å²) in [5, 5.41) is 9.28. The third kappa shape index (κ3) is 5.93. The Kier molecular flexibility index (Phi) is 7.41. The Morgan fingerprint density at radius 2 is 1.97 bits per heavy atom. The number of sulfone groups is 1. The number of anilines is 1. The van der Waals surface area contributed by atoms with Crippen LogP contribution in [0.25, 0.3) is 10.3 Å². The maximum atomic E-state index is 13.2. The number of rotatable bonds is 11. The van der Waals surface area contributed by atoms with Crippen molar-refractivity contribution in [2.24, 2.45) is 10.9 Å². The summed E-state index contributed by atoms with van der Waals surface area (Å²) in [6.07, 6.45) is 2.98. The van der Waals surface area contributed by atoms with Gasteiger partial charge in [-0.05, 0) is 31.0 Å². The lowest BCUT2D eigenvalue weighted by Crippen LogP contribution is -2.24. The van der Waals surface area contributed by atoms with Crippen molar-refractivity contribution in [2.75, 3.05) is 18.5 Å². The highest BCUT2D eigenvalue weighted by molar-refractivity contribution is 7.92. The average Bonchev–Trinajstić information content (AvgIpc) is 3.50. The highest BCUT2D eigenvalue weighted by Gasteiger charge is 2.36. The molecule has 3 heterocycles. The molecule has 192 valence electrons. The minimum absolute atomic E-state index is 0.0360. The molecule has 37 heavy (non-hydrogen) atoms. The predicted molar refractivity (Wildman–Crippen MR) is 141 cm³/mol. The van der Waals surface area contributed by atoms with Gasteiger partial charge in [0, 0.05) is 29.8 Å². The number of carbonyl (C=O) groups excluding carboxylic acids is 1. The van der Waals surface area contributed by atoms with Crippen molar-refractivity contribution in [3.05, 3.63) is 58.5 Å². The zero-order chi connectivity index (χ0) is 25.8. The molecular formula is C23H22N6O5S3. The summed E-state index contributed by atoms with van der Waals surface area (Å²) in [6, 6.07) is 9.47. The van der Waals surface area contributed by atoms with Crippen molar-refractivity contribution >= 4 is 59.6 Å². The van der Waals surface area contributed by atoms with Gasteiger partial charge in [-0.1, -0.05) is 28.6 Å². The zero-order valence-corrected chi connectivity index (χ0v) is 21.8. The number of benzene rings is 1. The fourth-order valence-electron chi connectivity index (χ4n) is 3.33. The van der Waals surface area contributed by atoms with E-state index in [0.717, 1.165) is 0 Å². The first-order chi connectivity index (χ1) is 17.9. The normalized spacial score (nSPS) is 14.0. The van der Waals surface area contributed by atoms with Gasteiger partial charge in [-0.3, -0.25) is 10.1 Å². The van der Waals surface area contributed by atoms with Crippen LogP contribution >= 0.6 is 22.7 Å². The van der Waals surface area contributed by atoms with Crippen LogP contribution < -0.4 is 15.8 Å². The van der Waals surface area contributed by atoms with Crippen LogP contribution in [-0.2, 0) is 26.1 Å². The molecule has 0 radical (unpaired) electrons. The quantitative estimate of drug-likeness (QED) is 0.208. The highest BCUT2D eigenvalue weighted by Crippen LogP contribution is 2.33. The summed E-state index contributed by atoms with van der Waals surface area (Å²) in [6.45, 7) is 0.783. The maximum absolute atomic E-state index is 13.2. The number of thiazole rings is 2. The van der Waals surface area contributed by atoms with E-state index in [1.165, 1.54) is 34.8 Å². The lowest BCUT2D eigenvalue weighted by molar-refractivity contribution is -0.110. The molecule has 0 aliphatic heterocycles. The van der Waals surface area contributed by atoms with Gasteiger partial charge in [-0.15, -0.1) is 11.3 Å². The van der Waals surface area contributed by atoms with Crippen molar-refractivity contribution in [3.63, 3.8) is 0 Å². The molecule has 0 saturated heterocycles. The van der Waals surface area contributed by atoms with Gasteiger partial charge in [0.05, 0.1) is 10.1 Å². The second kappa shape index (κ2) is 10.9. The molecule has 11 nitrogen and oxygen atoms in total. The molecule has 1 amide bonds. The molecule has 5 rings (SSSR count). The summed E-state index contributed by atoms with van der Waals surface area (Å²) in [5.74, 6) is -0.158. The van der Waals surface area contributed by atoms with Gasteiger partial charge >= 0.3 is 0 Å². The van der Waals surface area contributed by atoms with Gasteiger partial charge in [0.25, 0.3) is 5.91 Å². The smallest absolute Gasteiger partial charge is 0.280 e. The molecule has 1 aliphatic carbocycles. The minimum atomic E-state index is -3.36. The standard InChI is InChI=1S/C23H22N6O5S3/c24-9-11-33-18-8-7-17-22(27-18)36-23(26-17)28-21(30)20(29-34-13-19-25-10-12-35-19)14-1-3-15(4-2-14)37(31,32)16-5-6-16/h1-4,7-8,10,12,16H,5-6,9,11,13,24H2,(H,26,28,30)/b29-20+. The number of ether oxygens (including phenoxy) is 1. The molecule has 4 aromatic rings. The third-order valence-electron chi connectivity index (χ3n) is 5.28. The molecule has 14 heteroatoms. The summed E-state index contributed by atoms with van der Waals surface area (Å²) in [5.41, 5.74) is 6.41. The molecule has 3 N–H and O–H groups in total. The van der Waals surface area contributed by atoms with Gasteiger partial charge < -0.3 is 15.3 Å². The highest BCUT2D eigenvalue weighted by atomic mass is 32.2. The molecule has 0 atom stereocenters. The summed E-state index contributed by atoms with van der Waals surface area (Å²) in [7, 11) is -3.36. The van der Waals surface area contributed by atoms with E-state index in [9.17, 15) is 13.2 Å². The number of oxime groups is 1. The second-order valence-corrected chi connectivity index (χ2v) is 12.2.